The van der Waals surface area contributed by atoms with Crippen LogP contribution in [0.5, 0.6) is 0 Å². The number of alkyl carbamates (subject to hydrolysis) is 1. The standard InChI is InChI=1S/C26H45N3O6/c1-25(2,3)34-23(30)27-13-17-32-19-15-29(21-22-11-9-8-10-12-22)16-20-33-18-14-28(7)24(31)35-26(4,5)6/h8-12H,13-21H2,1-7H3,(H,27,30). The molecule has 1 rings (SSSR count). The van der Waals surface area contributed by atoms with Crippen molar-refractivity contribution in [3.63, 3.8) is 0 Å². The summed E-state index contributed by atoms with van der Waals surface area (Å²) in [5.74, 6) is 0. The second-order valence-corrected chi connectivity index (χ2v) is 10.3. The van der Waals surface area contributed by atoms with E-state index in [0.717, 1.165) is 19.6 Å². The van der Waals surface area contributed by atoms with Gasteiger partial charge in [0, 0.05) is 39.8 Å². The van der Waals surface area contributed by atoms with Gasteiger partial charge in [0.2, 0.25) is 0 Å². The molecule has 1 N–H and O–H groups in total. The lowest BCUT2D eigenvalue weighted by molar-refractivity contribution is 0.0210. The molecule has 0 spiro atoms. The summed E-state index contributed by atoms with van der Waals surface area (Å²) >= 11 is 0. The fourth-order valence-electron chi connectivity index (χ4n) is 2.88. The first-order valence-electron chi connectivity index (χ1n) is 12.2. The molecule has 0 bridgehead atoms. The summed E-state index contributed by atoms with van der Waals surface area (Å²) in [5, 5.41) is 2.69. The fraction of sp³-hybridized carbons (Fsp3) is 0.692. The first-order chi connectivity index (χ1) is 16.4. The van der Waals surface area contributed by atoms with E-state index in [1.165, 1.54) is 10.5 Å². The molecule has 9 heteroatoms. The highest BCUT2D eigenvalue weighted by molar-refractivity contribution is 5.68. The van der Waals surface area contributed by atoms with Crippen LogP contribution in [-0.4, -0.2) is 92.8 Å². The van der Waals surface area contributed by atoms with Crippen LogP contribution in [0.2, 0.25) is 0 Å². The third kappa shape index (κ3) is 16.8. The molecular weight excluding hydrogens is 450 g/mol. The number of nitrogens with one attached hydrogen (secondary N) is 1. The van der Waals surface area contributed by atoms with E-state index < -0.39 is 17.3 Å². The van der Waals surface area contributed by atoms with Crippen LogP contribution in [-0.2, 0) is 25.5 Å². The van der Waals surface area contributed by atoms with Gasteiger partial charge in [-0.25, -0.2) is 9.59 Å². The Morgan fingerprint density at radius 2 is 1.34 bits per heavy atom. The van der Waals surface area contributed by atoms with E-state index in [1.54, 1.807) is 7.05 Å². The van der Waals surface area contributed by atoms with Gasteiger partial charge in [0.25, 0.3) is 0 Å². The smallest absolute Gasteiger partial charge is 0.410 e. The molecule has 35 heavy (non-hydrogen) atoms. The van der Waals surface area contributed by atoms with Gasteiger partial charge in [-0.1, -0.05) is 30.3 Å². The Morgan fingerprint density at radius 1 is 0.800 bits per heavy atom. The van der Waals surface area contributed by atoms with Crippen LogP contribution in [0.3, 0.4) is 0 Å². The van der Waals surface area contributed by atoms with Gasteiger partial charge in [0.15, 0.2) is 0 Å². The molecule has 9 nitrogen and oxygen atoms in total. The van der Waals surface area contributed by atoms with Gasteiger partial charge in [-0.2, -0.15) is 0 Å². The van der Waals surface area contributed by atoms with Gasteiger partial charge in [-0.05, 0) is 47.1 Å². The monoisotopic (exact) mass is 495 g/mol. The van der Waals surface area contributed by atoms with Crippen molar-refractivity contribution in [1.82, 2.24) is 15.1 Å². The number of carbonyl (C=O) groups excluding carboxylic acids is 2. The van der Waals surface area contributed by atoms with Gasteiger partial charge in [0.05, 0.1) is 26.4 Å². The predicted octanol–water partition coefficient (Wildman–Crippen LogP) is 3.91. The number of ether oxygens (including phenoxy) is 4. The Balaban J connectivity index is 2.33. The summed E-state index contributed by atoms with van der Waals surface area (Å²) in [6.45, 7) is 16.0. The van der Waals surface area contributed by atoms with Crippen molar-refractivity contribution in [3.05, 3.63) is 35.9 Å². The number of hydrogen-bond donors (Lipinski definition) is 1. The van der Waals surface area contributed by atoms with Gasteiger partial charge in [0.1, 0.15) is 11.2 Å². The van der Waals surface area contributed by atoms with Crippen molar-refractivity contribution in [2.75, 3.05) is 59.7 Å². The Bertz CT molecular complexity index is 731. The molecule has 0 saturated carbocycles. The van der Waals surface area contributed by atoms with E-state index in [1.807, 2.05) is 59.7 Å². The quantitative estimate of drug-likeness (QED) is 0.391. The van der Waals surface area contributed by atoms with E-state index in [4.69, 9.17) is 18.9 Å². The second-order valence-electron chi connectivity index (χ2n) is 10.3. The second kappa shape index (κ2) is 15.6. The maximum Gasteiger partial charge on any atom is 0.410 e. The number of likely N-dealkylation sites (N-methyl/N-ethyl adjacent to an activating group) is 1. The van der Waals surface area contributed by atoms with Crippen molar-refractivity contribution in [3.8, 4) is 0 Å². The molecule has 0 atom stereocenters. The highest BCUT2D eigenvalue weighted by atomic mass is 16.6. The summed E-state index contributed by atoms with van der Waals surface area (Å²) in [5.41, 5.74) is 0.178. The van der Waals surface area contributed by atoms with Gasteiger partial charge >= 0.3 is 12.2 Å². The molecule has 1 aromatic rings. The lowest BCUT2D eigenvalue weighted by atomic mass is 10.2. The predicted molar refractivity (Wildman–Crippen MR) is 136 cm³/mol. The molecule has 2 amide bonds. The minimum absolute atomic E-state index is 0.356. The fourth-order valence-corrected chi connectivity index (χ4v) is 2.88. The summed E-state index contributed by atoms with van der Waals surface area (Å²) < 4.78 is 22.0. The molecule has 0 radical (unpaired) electrons. The van der Waals surface area contributed by atoms with Gasteiger partial charge in [-0.15, -0.1) is 0 Å². The zero-order valence-corrected chi connectivity index (χ0v) is 22.6. The molecule has 0 aromatic heterocycles. The van der Waals surface area contributed by atoms with Crippen LogP contribution in [0.15, 0.2) is 30.3 Å². The molecule has 200 valence electrons. The molecule has 0 aliphatic heterocycles. The van der Waals surface area contributed by atoms with Crippen LogP contribution in [0.1, 0.15) is 47.1 Å². The molecule has 0 fully saturated rings. The number of rotatable bonds is 14. The summed E-state index contributed by atoms with van der Waals surface area (Å²) in [6, 6.07) is 10.2. The van der Waals surface area contributed by atoms with E-state index in [0.29, 0.717) is 39.5 Å². The summed E-state index contributed by atoms with van der Waals surface area (Å²) in [7, 11) is 1.70. The maximum atomic E-state index is 12.0. The largest absolute Gasteiger partial charge is 0.444 e. The highest BCUT2D eigenvalue weighted by Crippen LogP contribution is 2.09. The van der Waals surface area contributed by atoms with Crippen molar-refractivity contribution < 1.29 is 28.5 Å². The molecule has 0 heterocycles. The van der Waals surface area contributed by atoms with Crippen molar-refractivity contribution in [2.24, 2.45) is 0 Å². The molecule has 0 saturated heterocycles. The molecule has 0 aliphatic carbocycles. The summed E-state index contributed by atoms with van der Waals surface area (Å²) in [4.78, 5) is 27.5. The van der Waals surface area contributed by atoms with E-state index >= 15 is 0 Å². The summed E-state index contributed by atoms with van der Waals surface area (Å²) in [6.07, 6.45) is -0.800. The van der Waals surface area contributed by atoms with E-state index in [2.05, 4.69) is 22.3 Å². The minimum atomic E-state index is -0.518. The van der Waals surface area contributed by atoms with Crippen molar-refractivity contribution in [1.29, 1.82) is 0 Å². The third-order valence-corrected chi connectivity index (χ3v) is 4.54. The Morgan fingerprint density at radius 3 is 1.91 bits per heavy atom. The zero-order chi connectivity index (χ0) is 26.3. The maximum absolute atomic E-state index is 12.0. The molecule has 1 aromatic carbocycles. The van der Waals surface area contributed by atoms with Crippen molar-refractivity contribution >= 4 is 12.2 Å². The number of nitrogens with zero attached hydrogens (tertiary/aromatic N) is 2. The van der Waals surface area contributed by atoms with Crippen LogP contribution in [0, 0.1) is 0 Å². The lowest BCUT2D eigenvalue weighted by Crippen LogP contribution is -2.36. The van der Waals surface area contributed by atoms with Crippen LogP contribution < -0.4 is 5.32 Å². The van der Waals surface area contributed by atoms with Crippen molar-refractivity contribution in [2.45, 2.75) is 59.3 Å². The number of carbonyl (C=O) groups is 2. The average Bonchev–Trinajstić information content (AvgIpc) is 2.73. The SMILES string of the molecule is CN(CCOCCN(CCOCCNC(=O)OC(C)(C)C)Cc1ccccc1)C(=O)OC(C)(C)C. The highest BCUT2D eigenvalue weighted by Gasteiger charge is 2.19. The minimum Gasteiger partial charge on any atom is -0.444 e. The zero-order valence-electron chi connectivity index (χ0n) is 22.6. The first kappa shape index (κ1) is 30.7. The van der Waals surface area contributed by atoms with E-state index in [9.17, 15) is 9.59 Å². The number of amides is 2. The van der Waals surface area contributed by atoms with Gasteiger partial charge in [-0.3, -0.25) is 4.90 Å². The Kier molecular flexibility index (Phi) is 13.7. The van der Waals surface area contributed by atoms with Crippen LogP contribution in [0.4, 0.5) is 9.59 Å². The number of hydrogen-bond acceptors (Lipinski definition) is 7. The Hall–Kier alpha value is -2.36. The first-order valence-corrected chi connectivity index (χ1v) is 12.2. The molecule has 0 aliphatic rings. The average molecular weight is 496 g/mol. The molecular formula is C26H45N3O6. The number of benzene rings is 1. The molecule has 0 unspecified atom stereocenters. The lowest BCUT2D eigenvalue weighted by Gasteiger charge is -2.25. The van der Waals surface area contributed by atoms with Gasteiger partial charge < -0.3 is 29.2 Å². The van der Waals surface area contributed by atoms with Crippen LogP contribution in [0.25, 0.3) is 0 Å². The topological polar surface area (TPSA) is 89.6 Å². The van der Waals surface area contributed by atoms with E-state index in [-0.39, 0.29) is 6.09 Å². The Labute approximate surface area is 211 Å². The normalized spacial score (nSPS) is 11.9. The third-order valence-electron chi connectivity index (χ3n) is 4.54. The van der Waals surface area contributed by atoms with Crippen LogP contribution >= 0.6 is 0 Å².